The van der Waals surface area contributed by atoms with E-state index in [1.165, 1.54) is 8.96 Å². The van der Waals surface area contributed by atoms with Gasteiger partial charge in [0.1, 0.15) is 0 Å². The van der Waals surface area contributed by atoms with Crippen molar-refractivity contribution in [2.75, 3.05) is 0 Å². The van der Waals surface area contributed by atoms with Crippen LogP contribution in [0.2, 0.25) is 5.02 Å². The first kappa shape index (κ1) is 11.9. The van der Waals surface area contributed by atoms with E-state index in [2.05, 4.69) is 39.7 Å². The number of hydrogen-bond acceptors (Lipinski definition) is 1. The summed E-state index contributed by atoms with van der Waals surface area (Å²) in [5.74, 6) is 0. The number of pyridine rings is 1. The van der Waals surface area contributed by atoms with E-state index in [1.807, 2.05) is 42.5 Å². The summed E-state index contributed by atoms with van der Waals surface area (Å²) >= 11 is 8.25. The van der Waals surface area contributed by atoms with E-state index >= 15 is 0 Å². The topological polar surface area (TPSA) is 12.9 Å². The molecule has 0 aliphatic carbocycles. The normalized spacial score (nSPS) is 10.8. The fourth-order valence-corrected chi connectivity index (χ4v) is 2.78. The Balaban J connectivity index is 2.21. The summed E-state index contributed by atoms with van der Waals surface area (Å²) in [6, 6.07) is 18.1. The summed E-state index contributed by atoms with van der Waals surface area (Å²) in [7, 11) is 0. The number of halogens is 2. The van der Waals surface area contributed by atoms with Gasteiger partial charge >= 0.3 is 0 Å². The molecule has 1 heterocycles. The van der Waals surface area contributed by atoms with Crippen molar-refractivity contribution in [3.05, 3.63) is 63.2 Å². The van der Waals surface area contributed by atoms with Crippen LogP contribution in [0.1, 0.15) is 0 Å². The quantitative estimate of drug-likeness (QED) is 0.543. The number of aromatic nitrogens is 1. The maximum atomic E-state index is 5.90. The molecule has 0 atom stereocenters. The summed E-state index contributed by atoms with van der Waals surface area (Å²) < 4.78 is 1.21. The molecule has 0 aliphatic heterocycles. The van der Waals surface area contributed by atoms with Crippen molar-refractivity contribution in [2.24, 2.45) is 0 Å². The smallest absolute Gasteiger partial charge is 0.0720 e. The molecule has 88 valence electrons. The van der Waals surface area contributed by atoms with E-state index in [1.54, 1.807) is 0 Å². The average Bonchev–Trinajstić information content (AvgIpc) is 2.39. The molecule has 3 heteroatoms. The zero-order chi connectivity index (χ0) is 12.5. The lowest BCUT2D eigenvalue weighted by Gasteiger charge is -2.05. The van der Waals surface area contributed by atoms with E-state index in [4.69, 9.17) is 11.6 Å². The van der Waals surface area contributed by atoms with Gasteiger partial charge in [0.25, 0.3) is 0 Å². The first-order valence-corrected chi connectivity index (χ1v) is 7.01. The Morgan fingerprint density at radius 1 is 0.944 bits per heavy atom. The minimum atomic E-state index is 0.745. The van der Waals surface area contributed by atoms with Gasteiger partial charge in [-0.05, 0) is 46.9 Å². The highest BCUT2D eigenvalue weighted by Crippen LogP contribution is 2.26. The van der Waals surface area contributed by atoms with Crippen molar-refractivity contribution < 1.29 is 0 Å². The molecule has 3 aromatic rings. The highest BCUT2D eigenvalue weighted by atomic mass is 127. The van der Waals surface area contributed by atoms with Crippen LogP contribution in [-0.2, 0) is 0 Å². The van der Waals surface area contributed by atoms with Crippen LogP contribution in [0, 0.1) is 3.57 Å². The standard InChI is InChI=1S/C15H9ClIN/c16-11-7-5-10(6-8-11)15-9-13(17)12-3-1-2-4-14(12)18-15/h1-9H. The third kappa shape index (κ3) is 2.22. The minimum Gasteiger partial charge on any atom is -0.248 e. The Hall–Kier alpha value is -1.13. The highest BCUT2D eigenvalue weighted by molar-refractivity contribution is 14.1. The monoisotopic (exact) mass is 365 g/mol. The number of fused-ring (bicyclic) bond motifs is 1. The molecule has 3 rings (SSSR count). The molecule has 0 unspecified atom stereocenters. The van der Waals surface area contributed by atoms with Gasteiger partial charge in [-0.15, -0.1) is 0 Å². The zero-order valence-electron chi connectivity index (χ0n) is 9.40. The predicted octanol–water partition coefficient (Wildman–Crippen LogP) is 5.16. The summed E-state index contributed by atoms with van der Waals surface area (Å²) in [6.45, 7) is 0. The third-order valence-electron chi connectivity index (χ3n) is 2.81. The predicted molar refractivity (Wildman–Crippen MR) is 84.9 cm³/mol. The number of rotatable bonds is 1. The largest absolute Gasteiger partial charge is 0.248 e. The maximum Gasteiger partial charge on any atom is 0.0720 e. The molecule has 0 N–H and O–H groups in total. The summed E-state index contributed by atoms with van der Waals surface area (Å²) in [4.78, 5) is 4.69. The fourth-order valence-electron chi connectivity index (χ4n) is 1.90. The average molecular weight is 366 g/mol. The molecule has 1 nitrogen and oxygen atoms in total. The SMILES string of the molecule is Clc1ccc(-c2cc(I)c3ccccc3n2)cc1. The Bertz CT molecular complexity index is 707. The molecule has 2 aromatic carbocycles. The molecule has 0 radical (unpaired) electrons. The molecule has 18 heavy (non-hydrogen) atoms. The van der Waals surface area contributed by atoms with Crippen LogP contribution in [0.5, 0.6) is 0 Å². The van der Waals surface area contributed by atoms with Crippen LogP contribution in [0.4, 0.5) is 0 Å². The van der Waals surface area contributed by atoms with Gasteiger partial charge in [-0.1, -0.05) is 41.9 Å². The third-order valence-corrected chi connectivity index (χ3v) is 3.95. The first-order valence-electron chi connectivity index (χ1n) is 5.55. The molecular formula is C15H9ClIN. The van der Waals surface area contributed by atoms with Gasteiger partial charge in [0.05, 0.1) is 11.2 Å². The van der Waals surface area contributed by atoms with E-state index in [0.717, 1.165) is 21.8 Å². The van der Waals surface area contributed by atoms with Gasteiger partial charge in [0.2, 0.25) is 0 Å². The van der Waals surface area contributed by atoms with E-state index in [-0.39, 0.29) is 0 Å². The number of para-hydroxylation sites is 1. The zero-order valence-corrected chi connectivity index (χ0v) is 12.3. The summed E-state index contributed by atoms with van der Waals surface area (Å²) in [5, 5.41) is 1.94. The Labute approximate surface area is 124 Å². The van der Waals surface area contributed by atoms with Crippen LogP contribution >= 0.6 is 34.2 Å². The lowest BCUT2D eigenvalue weighted by Crippen LogP contribution is -1.88. The molecule has 0 amide bonds. The van der Waals surface area contributed by atoms with Gasteiger partial charge < -0.3 is 0 Å². The van der Waals surface area contributed by atoms with Gasteiger partial charge in [0, 0.05) is 19.5 Å². The van der Waals surface area contributed by atoms with Gasteiger partial charge in [-0.3, -0.25) is 0 Å². The molecular weight excluding hydrogens is 357 g/mol. The minimum absolute atomic E-state index is 0.745. The van der Waals surface area contributed by atoms with E-state index < -0.39 is 0 Å². The van der Waals surface area contributed by atoms with Crippen LogP contribution in [-0.4, -0.2) is 4.98 Å². The van der Waals surface area contributed by atoms with Crippen LogP contribution in [0.3, 0.4) is 0 Å². The lowest BCUT2D eigenvalue weighted by molar-refractivity contribution is 1.39. The van der Waals surface area contributed by atoms with Crippen molar-refractivity contribution in [2.45, 2.75) is 0 Å². The molecule has 0 saturated heterocycles. The second kappa shape index (κ2) is 4.86. The molecule has 0 bridgehead atoms. The Morgan fingerprint density at radius 3 is 2.44 bits per heavy atom. The Morgan fingerprint density at radius 2 is 1.67 bits per heavy atom. The van der Waals surface area contributed by atoms with Crippen molar-refractivity contribution in [3.8, 4) is 11.3 Å². The first-order chi connectivity index (χ1) is 8.74. The van der Waals surface area contributed by atoms with Crippen LogP contribution < -0.4 is 0 Å². The highest BCUT2D eigenvalue weighted by Gasteiger charge is 2.05. The maximum absolute atomic E-state index is 5.90. The second-order valence-electron chi connectivity index (χ2n) is 4.01. The summed E-state index contributed by atoms with van der Waals surface area (Å²) in [6.07, 6.45) is 0. The van der Waals surface area contributed by atoms with Crippen molar-refractivity contribution in [1.82, 2.24) is 4.98 Å². The van der Waals surface area contributed by atoms with Gasteiger partial charge in [-0.25, -0.2) is 4.98 Å². The van der Waals surface area contributed by atoms with Gasteiger partial charge in [0.15, 0.2) is 0 Å². The molecule has 0 aliphatic rings. The molecule has 0 saturated carbocycles. The van der Waals surface area contributed by atoms with Crippen molar-refractivity contribution in [3.63, 3.8) is 0 Å². The Kier molecular flexibility index (Phi) is 3.22. The molecule has 1 aromatic heterocycles. The fraction of sp³-hybridized carbons (Fsp3) is 0. The summed E-state index contributed by atoms with van der Waals surface area (Å²) in [5.41, 5.74) is 3.09. The molecule has 0 spiro atoms. The van der Waals surface area contributed by atoms with E-state index in [0.29, 0.717) is 0 Å². The molecule has 0 fully saturated rings. The van der Waals surface area contributed by atoms with Gasteiger partial charge in [-0.2, -0.15) is 0 Å². The van der Waals surface area contributed by atoms with Crippen LogP contribution in [0.25, 0.3) is 22.2 Å². The van der Waals surface area contributed by atoms with E-state index in [9.17, 15) is 0 Å². The lowest BCUT2D eigenvalue weighted by atomic mass is 10.1. The van der Waals surface area contributed by atoms with Crippen LogP contribution in [0.15, 0.2) is 54.6 Å². The number of nitrogens with zero attached hydrogens (tertiary/aromatic N) is 1. The number of benzene rings is 2. The van der Waals surface area contributed by atoms with Crippen molar-refractivity contribution in [1.29, 1.82) is 0 Å². The second-order valence-corrected chi connectivity index (χ2v) is 5.61. The number of hydrogen-bond donors (Lipinski definition) is 0. The van der Waals surface area contributed by atoms with Crippen molar-refractivity contribution >= 4 is 45.1 Å².